The molecule has 0 aromatic heterocycles. The molecular weight excluding hydrogens is 360 g/mol. The first-order chi connectivity index (χ1) is 14.9. The van der Waals surface area contributed by atoms with E-state index in [9.17, 15) is 0 Å². The molecule has 0 atom stereocenters. The maximum Gasteiger partial charge on any atom is -0.00264 e. The molecule has 0 saturated heterocycles. The van der Waals surface area contributed by atoms with Gasteiger partial charge in [-0.15, -0.1) is 0 Å². The molecule has 7 aromatic carbocycles. The second-order valence-corrected chi connectivity index (χ2v) is 8.16. The Labute approximate surface area is 174 Å². The lowest BCUT2D eigenvalue weighted by Crippen LogP contribution is -1.85. The van der Waals surface area contributed by atoms with Crippen LogP contribution in [0, 0.1) is 0 Å². The van der Waals surface area contributed by atoms with E-state index in [-0.39, 0.29) is 0 Å². The van der Waals surface area contributed by atoms with Gasteiger partial charge in [0.1, 0.15) is 0 Å². The molecule has 0 unspecified atom stereocenters. The van der Waals surface area contributed by atoms with Gasteiger partial charge >= 0.3 is 0 Å². The zero-order valence-electron chi connectivity index (χ0n) is 16.4. The molecule has 0 bridgehead atoms. The number of rotatable bonds is 0. The van der Waals surface area contributed by atoms with Crippen LogP contribution < -0.4 is 0 Å². The van der Waals surface area contributed by atoms with Crippen molar-refractivity contribution < 1.29 is 0 Å². The standard InChI is InChI=1S/C30H18/c1-3-7-23-19(5-1)11-16-26-25(23)15-12-22-14-17-27-28(30(22)26)18-13-21-10-9-20-6-2-4-8-24(20)29(21)27/h1-18H. The van der Waals surface area contributed by atoms with Crippen molar-refractivity contribution in [3.63, 3.8) is 0 Å². The minimum Gasteiger partial charge on any atom is -0.0616 e. The van der Waals surface area contributed by atoms with E-state index in [0.29, 0.717) is 0 Å². The maximum atomic E-state index is 2.31. The minimum atomic E-state index is 1.29. The van der Waals surface area contributed by atoms with Gasteiger partial charge < -0.3 is 0 Å². The van der Waals surface area contributed by atoms with Gasteiger partial charge in [-0.2, -0.15) is 0 Å². The van der Waals surface area contributed by atoms with Gasteiger partial charge in [0.2, 0.25) is 0 Å². The zero-order valence-corrected chi connectivity index (χ0v) is 16.4. The van der Waals surface area contributed by atoms with Gasteiger partial charge in [0, 0.05) is 0 Å². The third kappa shape index (κ3) is 2.06. The first kappa shape index (κ1) is 16.0. The highest BCUT2D eigenvalue weighted by Gasteiger charge is 2.11. The van der Waals surface area contributed by atoms with Crippen LogP contribution in [0.4, 0.5) is 0 Å². The Balaban J connectivity index is 1.75. The normalized spacial score (nSPS) is 12.0. The maximum absolute atomic E-state index is 2.31. The smallest absolute Gasteiger partial charge is 0.00264 e. The van der Waals surface area contributed by atoms with Crippen LogP contribution in [0.1, 0.15) is 0 Å². The van der Waals surface area contributed by atoms with Crippen molar-refractivity contribution in [3.05, 3.63) is 109 Å². The van der Waals surface area contributed by atoms with Crippen LogP contribution in [-0.2, 0) is 0 Å². The molecular formula is C30H18. The summed E-state index contributed by atoms with van der Waals surface area (Å²) >= 11 is 0. The van der Waals surface area contributed by atoms with E-state index in [1.165, 1.54) is 64.6 Å². The molecule has 0 fully saturated rings. The van der Waals surface area contributed by atoms with Crippen molar-refractivity contribution in [2.75, 3.05) is 0 Å². The first-order valence-corrected chi connectivity index (χ1v) is 10.5. The van der Waals surface area contributed by atoms with Gasteiger partial charge in [-0.05, 0) is 64.6 Å². The second-order valence-electron chi connectivity index (χ2n) is 8.16. The van der Waals surface area contributed by atoms with Crippen molar-refractivity contribution in [1.82, 2.24) is 0 Å². The van der Waals surface area contributed by atoms with Crippen LogP contribution in [0.5, 0.6) is 0 Å². The fraction of sp³-hybridized carbons (Fsp3) is 0. The number of hydrogen-bond acceptors (Lipinski definition) is 0. The van der Waals surface area contributed by atoms with Crippen LogP contribution in [0.2, 0.25) is 0 Å². The monoisotopic (exact) mass is 378 g/mol. The van der Waals surface area contributed by atoms with Crippen LogP contribution >= 0.6 is 0 Å². The summed E-state index contributed by atoms with van der Waals surface area (Å²) in [4.78, 5) is 0. The third-order valence-electron chi connectivity index (χ3n) is 6.61. The van der Waals surface area contributed by atoms with E-state index < -0.39 is 0 Å². The summed E-state index contributed by atoms with van der Waals surface area (Å²) in [6, 6.07) is 40.2. The van der Waals surface area contributed by atoms with Crippen molar-refractivity contribution in [2.45, 2.75) is 0 Å². The van der Waals surface area contributed by atoms with E-state index in [2.05, 4.69) is 109 Å². The molecule has 0 heteroatoms. The van der Waals surface area contributed by atoms with Gasteiger partial charge in [-0.25, -0.2) is 0 Å². The Morgan fingerprint density at radius 2 is 0.633 bits per heavy atom. The highest BCUT2D eigenvalue weighted by atomic mass is 14.1. The predicted molar refractivity (Wildman–Crippen MR) is 131 cm³/mol. The molecule has 0 nitrogen and oxygen atoms in total. The Morgan fingerprint density at radius 1 is 0.233 bits per heavy atom. The second kappa shape index (κ2) is 5.81. The van der Waals surface area contributed by atoms with Gasteiger partial charge in [0.05, 0.1) is 0 Å². The van der Waals surface area contributed by atoms with Gasteiger partial charge in [0.25, 0.3) is 0 Å². The van der Waals surface area contributed by atoms with Crippen molar-refractivity contribution >= 4 is 64.6 Å². The molecule has 30 heavy (non-hydrogen) atoms. The van der Waals surface area contributed by atoms with Gasteiger partial charge in [-0.3, -0.25) is 0 Å². The lowest BCUT2D eigenvalue weighted by Gasteiger charge is -2.13. The van der Waals surface area contributed by atoms with Crippen molar-refractivity contribution in [3.8, 4) is 0 Å². The Bertz CT molecular complexity index is 1790. The first-order valence-electron chi connectivity index (χ1n) is 10.5. The van der Waals surface area contributed by atoms with Crippen LogP contribution in [0.25, 0.3) is 64.6 Å². The highest BCUT2D eigenvalue weighted by molar-refractivity contribution is 6.30. The molecule has 7 rings (SSSR count). The average molecular weight is 378 g/mol. The van der Waals surface area contributed by atoms with Crippen molar-refractivity contribution in [1.29, 1.82) is 0 Å². The zero-order chi connectivity index (χ0) is 19.7. The lowest BCUT2D eigenvalue weighted by atomic mass is 9.90. The molecule has 138 valence electrons. The summed E-state index contributed by atoms with van der Waals surface area (Å²) in [6.45, 7) is 0. The lowest BCUT2D eigenvalue weighted by molar-refractivity contribution is 1.78. The SMILES string of the molecule is c1ccc2c(c1)ccc1c2ccc2ccc3c(ccc4ccc5ccccc5c43)c21. The summed E-state index contributed by atoms with van der Waals surface area (Å²) < 4.78 is 0. The molecule has 0 aliphatic heterocycles. The summed E-state index contributed by atoms with van der Waals surface area (Å²) in [5.74, 6) is 0. The number of hydrogen-bond donors (Lipinski definition) is 0. The van der Waals surface area contributed by atoms with Gasteiger partial charge in [0.15, 0.2) is 0 Å². The van der Waals surface area contributed by atoms with Gasteiger partial charge in [-0.1, -0.05) is 109 Å². The fourth-order valence-corrected chi connectivity index (χ4v) is 5.23. The van der Waals surface area contributed by atoms with Crippen molar-refractivity contribution in [2.24, 2.45) is 0 Å². The highest BCUT2D eigenvalue weighted by Crippen LogP contribution is 2.39. The Morgan fingerprint density at radius 3 is 1.33 bits per heavy atom. The molecule has 0 N–H and O–H groups in total. The van der Waals surface area contributed by atoms with E-state index >= 15 is 0 Å². The number of fused-ring (bicyclic) bond motifs is 11. The molecule has 0 saturated carbocycles. The molecule has 0 heterocycles. The Hall–Kier alpha value is -3.90. The summed E-state index contributed by atoms with van der Waals surface area (Å²) in [5.41, 5.74) is 0. The minimum absolute atomic E-state index is 1.29. The van der Waals surface area contributed by atoms with E-state index in [0.717, 1.165) is 0 Å². The molecule has 0 radical (unpaired) electrons. The molecule has 7 aromatic rings. The topological polar surface area (TPSA) is 0 Å². The summed E-state index contributed by atoms with van der Waals surface area (Å²) in [5, 5.41) is 15.8. The van der Waals surface area contributed by atoms with Crippen LogP contribution in [0.15, 0.2) is 109 Å². The summed E-state index contributed by atoms with van der Waals surface area (Å²) in [6.07, 6.45) is 0. The average Bonchev–Trinajstić information content (AvgIpc) is 2.82. The predicted octanol–water partition coefficient (Wildman–Crippen LogP) is 8.61. The van der Waals surface area contributed by atoms with E-state index in [1.807, 2.05) is 0 Å². The Kier molecular flexibility index (Phi) is 3.09. The molecule has 0 spiro atoms. The van der Waals surface area contributed by atoms with E-state index in [1.54, 1.807) is 0 Å². The largest absolute Gasteiger partial charge is 0.0616 e. The fourth-order valence-electron chi connectivity index (χ4n) is 5.23. The number of benzene rings is 7. The summed E-state index contributed by atoms with van der Waals surface area (Å²) in [7, 11) is 0. The van der Waals surface area contributed by atoms with E-state index in [4.69, 9.17) is 0 Å². The van der Waals surface area contributed by atoms with Crippen LogP contribution in [-0.4, -0.2) is 0 Å². The molecule has 0 aliphatic rings. The quantitative estimate of drug-likeness (QED) is 0.232. The third-order valence-corrected chi connectivity index (χ3v) is 6.61. The molecule has 0 aliphatic carbocycles. The van der Waals surface area contributed by atoms with Crippen LogP contribution in [0.3, 0.4) is 0 Å². The molecule has 0 amide bonds.